The molecule has 1 unspecified atom stereocenters. The Kier molecular flexibility index (Phi) is 13.6. The van der Waals surface area contributed by atoms with Crippen molar-refractivity contribution in [3.63, 3.8) is 0 Å². The Morgan fingerprint density at radius 1 is 1.13 bits per heavy atom. The van der Waals surface area contributed by atoms with Gasteiger partial charge < -0.3 is 19.5 Å². The average Bonchev–Trinajstić information content (AvgIpc) is 2.79. The van der Waals surface area contributed by atoms with Crippen LogP contribution in [0.4, 0.5) is 0 Å². The number of ketones is 1. The summed E-state index contributed by atoms with van der Waals surface area (Å²) in [6, 6.07) is 14.0. The van der Waals surface area contributed by atoms with Gasteiger partial charge in [0.1, 0.15) is 18.1 Å². The molecule has 0 spiro atoms. The third-order valence-electron chi connectivity index (χ3n) is 4.81. The van der Waals surface area contributed by atoms with E-state index in [9.17, 15) is 4.79 Å². The first-order valence-corrected chi connectivity index (χ1v) is 11.6. The largest absolute Gasteiger partial charge is 0.497 e. The van der Waals surface area contributed by atoms with Gasteiger partial charge in [0.25, 0.3) is 0 Å². The van der Waals surface area contributed by atoms with E-state index in [1.807, 2.05) is 43.5 Å². The molecule has 5 nitrogen and oxygen atoms in total. The van der Waals surface area contributed by atoms with E-state index >= 15 is 0 Å². The Balaban J connectivity index is 0.00000480. The molecule has 0 saturated carbocycles. The molecule has 0 amide bonds. The first-order chi connectivity index (χ1) is 14.6. The summed E-state index contributed by atoms with van der Waals surface area (Å²) in [4.78, 5) is 13.6. The van der Waals surface area contributed by atoms with Crippen molar-refractivity contribution in [2.24, 2.45) is 0 Å². The molecule has 0 heterocycles. The number of halogens is 1. The monoisotopic (exact) mass is 511 g/mol. The normalized spacial score (nSPS) is 11.5. The number of ether oxygens (including phenoxy) is 3. The SMILES string of the molecule is Br.CCOCCOc1ccc(C(=O)CNC(C)CCc2ccc(OC)cc2)cc1SC. The lowest BCUT2D eigenvalue weighted by Gasteiger charge is -2.14. The number of carbonyl (C=O) groups is 1. The van der Waals surface area contributed by atoms with Gasteiger partial charge in [0.15, 0.2) is 5.78 Å². The van der Waals surface area contributed by atoms with Gasteiger partial charge in [-0.1, -0.05) is 12.1 Å². The molecule has 172 valence electrons. The molecule has 0 aliphatic rings. The summed E-state index contributed by atoms with van der Waals surface area (Å²) >= 11 is 1.58. The molecule has 0 aromatic heterocycles. The zero-order chi connectivity index (χ0) is 21.8. The van der Waals surface area contributed by atoms with Gasteiger partial charge in [-0.3, -0.25) is 4.79 Å². The molecule has 0 aliphatic heterocycles. The van der Waals surface area contributed by atoms with E-state index in [-0.39, 0.29) is 28.8 Å². The Morgan fingerprint density at radius 2 is 1.87 bits per heavy atom. The molecule has 0 fully saturated rings. The van der Waals surface area contributed by atoms with Gasteiger partial charge in [-0.05, 0) is 68.8 Å². The van der Waals surface area contributed by atoms with Crippen molar-refractivity contribution in [3.8, 4) is 11.5 Å². The minimum Gasteiger partial charge on any atom is -0.497 e. The zero-order valence-corrected chi connectivity index (χ0v) is 21.3. The highest BCUT2D eigenvalue weighted by atomic mass is 79.9. The summed E-state index contributed by atoms with van der Waals surface area (Å²) in [5, 5.41) is 3.35. The first-order valence-electron chi connectivity index (χ1n) is 10.4. The molecule has 1 atom stereocenters. The summed E-state index contributed by atoms with van der Waals surface area (Å²) in [5.41, 5.74) is 1.96. The molecular weight excluding hydrogens is 478 g/mol. The number of nitrogens with one attached hydrogen (secondary N) is 1. The Hall–Kier alpha value is -1.54. The number of carbonyl (C=O) groups excluding carboxylic acids is 1. The van der Waals surface area contributed by atoms with E-state index in [2.05, 4.69) is 24.4 Å². The van der Waals surface area contributed by atoms with Gasteiger partial charge >= 0.3 is 0 Å². The van der Waals surface area contributed by atoms with Crippen molar-refractivity contribution in [1.29, 1.82) is 0 Å². The van der Waals surface area contributed by atoms with E-state index < -0.39 is 0 Å². The lowest BCUT2D eigenvalue weighted by atomic mass is 10.1. The zero-order valence-electron chi connectivity index (χ0n) is 18.8. The number of benzene rings is 2. The Labute approximate surface area is 201 Å². The number of hydrogen-bond donors (Lipinski definition) is 1. The van der Waals surface area contributed by atoms with Gasteiger partial charge in [-0.15, -0.1) is 28.7 Å². The van der Waals surface area contributed by atoms with Crippen LogP contribution in [0.25, 0.3) is 0 Å². The van der Waals surface area contributed by atoms with Crippen LogP contribution in [0, 0.1) is 0 Å². The van der Waals surface area contributed by atoms with E-state index in [1.165, 1.54) is 5.56 Å². The maximum Gasteiger partial charge on any atom is 0.176 e. The van der Waals surface area contributed by atoms with Crippen molar-refractivity contribution in [3.05, 3.63) is 53.6 Å². The fourth-order valence-electron chi connectivity index (χ4n) is 2.96. The van der Waals surface area contributed by atoms with Crippen LogP contribution >= 0.6 is 28.7 Å². The maximum absolute atomic E-state index is 12.6. The quantitative estimate of drug-likeness (QED) is 0.213. The molecule has 2 aromatic rings. The number of hydrogen-bond acceptors (Lipinski definition) is 6. The van der Waals surface area contributed by atoms with Crippen LogP contribution in [-0.4, -0.2) is 51.6 Å². The molecule has 1 N–H and O–H groups in total. The van der Waals surface area contributed by atoms with E-state index in [0.29, 0.717) is 31.9 Å². The topological polar surface area (TPSA) is 56.8 Å². The molecule has 31 heavy (non-hydrogen) atoms. The average molecular weight is 513 g/mol. The van der Waals surface area contributed by atoms with E-state index in [0.717, 1.165) is 29.2 Å². The van der Waals surface area contributed by atoms with Gasteiger partial charge in [0, 0.05) is 23.1 Å². The van der Waals surface area contributed by atoms with Crippen LogP contribution < -0.4 is 14.8 Å². The summed E-state index contributed by atoms with van der Waals surface area (Å²) in [5.74, 6) is 1.74. The van der Waals surface area contributed by atoms with Gasteiger partial charge in [-0.2, -0.15) is 0 Å². The van der Waals surface area contributed by atoms with Gasteiger partial charge in [-0.25, -0.2) is 0 Å². The summed E-state index contributed by atoms with van der Waals surface area (Å²) in [6.07, 6.45) is 3.90. The van der Waals surface area contributed by atoms with Crippen molar-refractivity contribution < 1.29 is 19.0 Å². The molecular formula is C24H34BrNO4S. The number of rotatable bonds is 14. The molecule has 2 rings (SSSR count). The maximum atomic E-state index is 12.6. The number of Topliss-reactive ketones (excluding diaryl/α,β-unsaturated/α-hetero) is 1. The summed E-state index contributed by atoms with van der Waals surface area (Å²) in [6.45, 7) is 6.13. The molecule has 0 aliphatic carbocycles. The lowest BCUT2D eigenvalue weighted by Crippen LogP contribution is -2.31. The molecule has 0 radical (unpaired) electrons. The van der Waals surface area contributed by atoms with Crippen molar-refractivity contribution in [1.82, 2.24) is 5.32 Å². The van der Waals surface area contributed by atoms with Gasteiger partial charge in [0.2, 0.25) is 0 Å². The third-order valence-corrected chi connectivity index (χ3v) is 5.57. The highest BCUT2D eigenvalue weighted by Crippen LogP contribution is 2.29. The first kappa shape index (κ1) is 27.5. The van der Waals surface area contributed by atoms with Crippen LogP contribution in [0.1, 0.15) is 36.2 Å². The highest BCUT2D eigenvalue weighted by Gasteiger charge is 2.12. The second kappa shape index (κ2) is 15.3. The fourth-order valence-corrected chi connectivity index (χ4v) is 3.53. The number of thioether (sulfide) groups is 1. The highest BCUT2D eigenvalue weighted by molar-refractivity contribution is 8.93. The van der Waals surface area contributed by atoms with Crippen LogP contribution in [0.3, 0.4) is 0 Å². The second-order valence-electron chi connectivity index (χ2n) is 7.00. The molecule has 0 bridgehead atoms. The van der Waals surface area contributed by atoms with Crippen LogP contribution in [-0.2, 0) is 11.2 Å². The Bertz CT molecular complexity index is 786. The van der Waals surface area contributed by atoms with Crippen LogP contribution in [0.2, 0.25) is 0 Å². The third kappa shape index (κ3) is 9.64. The molecule has 0 saturated heterocycles. The molecule has 7 heteroatoms. The minimum absolute atomic E-state index is 0. The smallest absolute Gasteiger partial charge is 0.176 e. The number of aryl methyl sites for hydroxylation is 1. The minimum atomic E-state index is 0. The van der Waals surface area contributed by atoms with E-state index in [4.69, 9.17) is 14.2 Å². The standard InChI is InChI=1S/C24H33NO4S.BrH/c1-5-28-14-15-29-23-13-10-20(16-24(23)30-4)22(26)17-25-18(2)6-7-19-8-11-21(27-3)12-9-19;/h8-13,16,18,25H,5-7,14-15,17H2,1-4H3;1H. The van der Waals surface area contributed by atoms with Crippen molar-refractivity contribution in [2.45, 2.75) is 37.6 Å². The molecule has 2 aromatic carbocycles. The summed E-state index contributed by atoms with van der Waals surface area (Å²) in [7, 11) is 1.67. The Morgan fingerprint density at radius 3 is 2.52 bits per heavy atom. The fraction of sp³-hybridized carbons (Fsp3) is 0.458. The summed E-state index contributed by atoms with van der Waals surface area (Å²) < 4.78 is 16.3. The van der Waals surface area contributed by atoms with Crippen LogP contribution in [0.15, 0.2) is 47.4 Å². The number of methoxy groups -OCH3 is 1. The van der Waals surface area contributed by atoms with E-state index in [1.54, 1.807) is 18.9 Å². The van der Waals surface area contributed by atoms with Crippen LogP contribution in [0.5, 0.6) is 11.5 Å². The second-order valence-corrected chi connectivity index (χ2v) is 7.85. The van der Waals surface area contributed by atoms with Gasteiger partial charge in [0.05, 0.1) is 20.3 Å². The predicted molar refractivity (Wildman–Crippen MR) is 134 cm³/mol. The lowest BCUT2D eigenvalue weighted by molar-refractivity contribution is 0.0986. The van der Waals surface area contributed by atoms with Crippen molar-refractivity contribution >= 4 is 34.5 Å². The van der Waals surface area contributed by atoms with Crippen molar-refractivity contribution in [2.75, 3.05) is 39.7 Å². The predicted octanol–water partition coefficient (Wildman–Crippen LogP) is 5.20.